The third-order valence-corrected chi connectivity index (χ3v) is 5.37. The van der Waals surface area contributed by atoms with Crippen LogP contribution in [0.5, 0.6) is 0 Å². The van der Waals surface area contributed by atoms with Crippen LogP contribution in [-0.2, 0) is 9.59 Å². The Morgan fingerprint density at radius 2 is 2.30 bits per heavy atom. The van der Waals surface area contributed by atoms with Crippen LogP contribution in [0, 0.1) is 5.41 Å². The predicted octanol–water partition coefficient (Wildman–Crippen LogP) is 3.24. The van der Waals surface area contributed by atoms with Crippen LogP contribution in [0.2, 0.25) is 0 Å². The molecular weight excluding hydrogens is 342 g/mol. The van der Waals surface area contributed by atoms with E-state index in [0.717, 1.165) is 8.66 Å². The molecule has 0 saturated carbocycles. The zero-order valence-corrected chi connectivity index (χ0v) is 13.5. The van der Waals surface area contributed by atoms with Crippen molar-refractivity contribution in [1.82, 2.24) is 4.90 Å². The fraction of sp³-hybridized carbons (Fsp3) is 0.429. The summed E-state index contributed by atoms with van der Waals surface area (Å²) in [6.45, 7) is 2.68. The number of hydrogen-bond donors (Lipinski definition) is 1. The zero-order valence-electron chi connectivity index (χ0n) is 11.1. The number of rotatable bonds is 4. The minimum Gasteiger partial charge on any atom is -0.481 e. The average Bonchev–Trinajstić information content (AvgIpc) is 3.03. The second kappa shape index (κ2) is 6.10. The standard InChI is InChI=1S/C14H16BrNO3S/c1-2-14(13(18)19)7-8-16(9-14)12(17)6-4-10-3-5-11(15)20-10/h3-6H,2,7-9H2,1H3,(H,18,19). The van der Waals surface area contributed by atoms with Gasteiger partial charge in [0.1, 0.15) is 0 Å². The Hall–Kier alpha value is -1.14. The Labute approximate surface area is 130 Å². The number of likely N-dealkylation sites (tertiary alicyclic amines) is 1. The maximum absolute atomic E-state index is 12.1. The van der Waals surface area contributed by atoms with E-state index in [1.165, 1.54) is 6.08 Å². The molecule has 0 aliphatic carbocycles. The van der Waals surface area contributed by atoms with Gasteiger partial charge in [-0.05, 0) is 47.0 Å². The maximum atomic E-state index is 12.1. The van der Waals surface area contributed by atoms with Gasteiger partial charge in [0.25, 0.3) is 0 Å². The van der Waals surface area contributed by atoms with Crippen LogP contribution in [0.15, 0.2) is 22.0 Å². The van der Waals surface area contributed by atoms with Crippen LogP contribution in [0.4, 0.5) is 0 Å². The SMILES string of the molecule is CCC1(C(=O)O)CCN(C(=O)C=Cc2ccc(Br)s2)C1. The van der Waals surface area contributed by atoms with Crippen LogP contribution < -0.4 is 0 Å². The first-order valence-electron chi connectivity index (χ1n) is 6.42. The van der Waals surface area contributed by atoms with Gasteiger partial charge in [-0.25, -0.2) is 0 Å². The van der Waals surface area contributed by atoms with Gasteiger partial charge in [0, 0.05) is 24.0 Å². The van der Waals surface area contributed by atoms with Crippen molar-refractivity contribution in [1.29, 1.82) is 0 Å². The van der Waals surface area contributed by atoms with Gasteiger partial charge in [-0.15, -0.1) is 11.3 Å². The molecule has 0 spiro atoms. The molecule has 108 valence electrons. The summed E-state index contributed by atoms with van der Waals surface area (Å²) in [5.41, 5.74) is -0.768. The van der Waals surface area contributed by atoms with E-state index in [-0.39, 0.29) is 5.91 Å². The van der Waals surface area contributed by atoms with E-state index in [1.807, 2.05) is 19.1 Å². The van der Waals surface area contributed by atoms with Crippen molar-refractivity contribution in [3.63, 3.8) is 0 Å². The summed E-state index contributed by atoms with van der Waals surface area (Å²) in [5.74, 6) is -0.924. The van der Waals surface area contributed by atoms with Gasteiger partial charge in [0.05, 0.1) is 9.20 Å². The number of hydrogen-bond acceptors (Lipinski definition) is 3. The lowest BCUT2D eigenvalue weighted by atomic mass is 9.84. The lowest BCUT2D eigenvalue weighted by Crippen LogP contribution is -2.35. The molecule has 1 unspecified atom stereocenters. The first kappa shape index (κ1) is 15.3. The summed E-state index contributed by atoms with van der Waals surface area (Å²) >= 11 is 4.92. The van der Waals surface area contributed by atoms with E-state index in [0.29, 0.717) is 25.9 Å². The van der Waals surface area contributed by atoms with Gasteiger partial charge in [-0.3, -0.25) is 9.59 Å². The third kappa shape index (κ3) is 3.12. The van der Waals surface area contributed by atoms with E-state index in [9.17, 15) is 14.7 Å². The maximum Gasteiger partial charge on any atom is 0.311 e. The molecule has 0 aromatic carbocycles. The van der Waals surface area contributed by atoms with Crippen molar-refractivity contribution >= 4 is 45.2 Å². The summed E-state index contributed by atoms with van der Waals surface area (Å²) < 4.78 is 1.02. The molecule has 1 amide bonds. The number of thiophene rings is 1. The van der Waals surface area contributed by atoms with Gasteiger partial charge in [0.15, 0.2) is 0 Å². The smallest absolute Gasteiger partial charge is 0.311 e. The Morgan fingerprint density at radius 1 is 1.55 bits per heavy atom. The summed E-state index contributed by atoms with van der Waals surface area (Å²) in [7, 11) is 0. The number of aliphatic carboxylic acids is 1. The number of carboxylic acids is 1. The number of carboxylic acid groups (broad SMARTS) is 1. The molecular formula is C14H16BrNO3S. The van der Waals surface area contributed by atoms with E-state index in [4.69, 9.17) is 0 Å². The van der Waals surface area contributed by atoms with E-state index >= 15 is 0 Å². The van der Waals surface area contributed by atoms with Crippen LogP contribution >= 0.6 is 27.3 Å². The Balaban J connectivity index is 2.01. The molecule has 0 radical (unpaired) electrons. The number of carbonyl (C=O) groups excluding carboxylic acids is 1. The molecule has 1 N–H and O–H groups in total. The fourth-order valence-electron chi connectivity index (χ4n) is 2.35. The van der Waals surface area contributed by atoms with Gasteiger partial charge in [0.2, 0.25) is 5.91 Å². The second-order valence-electron chi connectivity index (χ2n) is 4.92. The molecule has 1 atom stereocenters. The van der Waals surface area contributed by atoms with Crippen LogP contribution in [0.1, 0.15) is 24.6 Å². The highest BCUT2D eigenvalue weighted by atomic mass is 79.9. The Morgan fingerprint density at radius 3 is 2.80 bits per heavy atom. The molecule has 6 heteroatoms. The number of nitrogens with zero attached hydrogens (tertiary/aromatic N) is 1. The number of carbonyl (C=O) groups is 2. The first-order valence-corrected chi connectivity index (χ1v) is 8.03. The highest BCUT2D eigenvalue weighted by Crippen LogP contribution is 2.34. The predicted molar refractivity (Wildman–Crippen MR) is 82.6 cm³/mol. The minimum absolute atomic E-state index is 0.119. The Bertz CT molecular complexity index is 554. The van der Waals surface area contributed by atoms with Crippen molar-refractivity contribution in [2.75, 3.05) is 13.1 Å². The fourth-order valence-corrected chi connectivity index (χ4v) is 3.68. The lowest BCUT2D eigenvalue weighted by molar-refractivity contribution is -0.148. The van der Waals surface area contributed by atoms with E-state index in [2.05, 4.69) is 15.9 Å². The number of halogens is 1. The summed E-state index contributed by atoms with van der Waals surface area (Å²) in [5, 5.41) is 9.31. The topological polar surface area (TPSA) is 57.6 Å². The van der Waals surface area contributed by atoms with Crippen molar-refractivity contribution in [3.05, 3.63) is 26.9 Å². The summed E-state index contributed by atoms with van der Waals surface area (Å²) in [6.07, 6.45) is 4.37. The lowest BCUT2D eigenvalue weighted by Gasteiger charge is -2.22. The zero-order chi connectivity index (χ0) is 14.8. The van der Waals surface area contributed by atoms with Gasteiger partial charge < -0.3 is 10.0 Å². The first-order chi connectivity index (χ1) is 9.47. The van der Waals surface area contributed by atoms with Crippen LogP contribution in [0.3, 0.4) is 0 Å². The Kier molecular flexibility index (Phi) is 4.65. The van der Waals surface area contributed by atoms with E-state index < -0.39 is 11.4 Å². The molecule has 4 nitrogen and oxygen atoms in total. The van der Waals surface area contributed by atoms with Gasteiger partial charge in [-0.2, -0.15) is 0 Å². The van der Waals surface area contributed by atoms with E-state index in [1.54, 1.807) is 22.3 Å². The minimum atomic E-state index is -0.804. The molecule has 2 heterocycles. The molecule has 1 saturated heterocycles. The molecule has 0 bridgehead atoms. The molecule has 1 aromatic heterocycles. The van der Waals surface area contributed by atoms with Crippen molar-refractivity contribution < 1.29 is 14.7 Å². The quantitative estimate of drug-likeness (QED) is 0.841. The largest absolute Gasteiger partial charge is 0.481 e. The van der Waals surface area contributed by atoms with Gasteiger partial charge in [-0.1, -0.05) is 6.92 Å². The van der Waals surface area contributed by atoms with Crippen LogP contribution in [0.25, 0.3) is 6.08 Å². The van der Waals surface area contributed by atoms with Crippen molar-refractivity contribution in [2.45, 2.75) is 19.8 Å². The second-order valence-corrected chi connectivity index (χ2v) is 7.42. The monoisotopic (exact) mass is 357 g/mol. The highest BCUT2D eigenvalue weighted by molar-refractivity contribution is 9.11. The molecule has 1 aliphatic rings. The summed E-state index contributed by atoms with van der Waals surface area (Å²) in [6, 6.07) is 3.85. The third-order valence-electron chi connectivity index (χ3n) is 3.78. The van der Waals surface area contributed by atoms with Crippen molar-refractivity contribution in [2.24, 2.45) is 5.41 Å². The molecule has 1 fully saturated rings. The average molecular weight is 358 g/mol. The van der Waals surface area contributed by atoms with Crippen LogP contribution in [-0.4, -0.2) is 35.0 Å². The number of amides is 1. The van der Waals surface area contributed by atoms with Gasteiger partial charge >= 0.3 is 5.97 Å². The molecule has 1 aliphatic heterocycles. The molecule has 1 aromatic rings. The van der Waals surface area contributed by atoms with Crippen molar-refractivity contribution in [3.8, 4) is 0 Å². The normalized spacial score (nSPS) is 22.6. The molecule has 20 heavy (non-hydrogen) atoms. The summed E-state index contributed by atoms with van der Waals surface area (Å²) in [4.78, 5) is 26.0. The molecule has 2 rings (SSSR count). The highest BCUT2D eigenvalue weighted by Gasteiger charge is 2.44.